The molecule has 0 unspecified atom stereocenters. The molecule has 0 saturated carbocycles. The number of nitrogens with one attached hydrogen (secondary N) is 2. The van der Waals surface area contributed by atoms with Crippen molar-refractivity contribution >= 4 is 52.3 Å². The lowest BCUT2D eigenvalue weighted by molar-refractivity contribution is -0.384. The van der Waals surface area contributed by atoms with Gasteiger partial charge in [-0.15, -0.1) is 0 Å². The molecule has 7 nitrogen and oxygen atoms in total. The van der Waals surface area contributed by atoms with Crippen molar-refractivity contribution in [3.05, 3.63) is 113 Å². The van der Waals surface area contributed by atoms with E-state index in [4.69, 9.17) is 0 Å². The maximum absolute atomic E-state index is 11.7. The normalized spacial score (nSPS) is 13.3. The van der Waals surface area contributed by atoms with Gasteiger partial charge in [0.05, 0.1) is 4.92 Å². The van der Waals surface area contributed by atoms with Gasteiger partial charge >= 0.3 is 0 Å². The van der Waals surface area contributed by atoms with Gasteiger partial charge in [-0.1, -0.05) is 30.3 Å². The molecule has 194 valence electrons. The molecule has 0 bridgehead atoms. The third-order valence-electron chi connectivity index (χ3n) is 6.35. The van der Waals surface area contributed by atoms with Gasteiger partial charge in [0.2, 0.25) is 0 Å². The van der Waals surface area contributed by atoms with Crippen molar-refractivity contribution < 1.29 is 4.92 Å². The fourth-order valence-corrected chi connectivity index (χ4v) is 5.69. The van der Waals surface area contributed by atoms with Crippen LogP contribution in [-0.4, -0.2) is 31.1 Å². The summed E-state index contributed by atoms with van der Waals surface area (Å²) in [6.07, 6.45) is 0. The topological polar surface area (TPSA) is 73.7 Å². The molecule has 2 N–H and O–H groups in total. The zero-order chi connectivity index (χ0) is 26.3. The average molecular weight is 544 g/mol. The Bertz CT molecular complexity index is 1380. The van der Waals surface area contributed by atoms with Gasteiger partial charge in [-0.3, -0.25) is 10.1 Å². The quantitative estimate of drug-likeness (QED) is 0.128. The van der Waals surface area contributed by atoms with Gasteiger partial charge in [0.25, 0.3) is 5.69 Å². The zero-order valence-electron chi connectivity index (χ0n) is 21.0. The number of hydrogen-bond donors (Lipinski definition) is 2. The molecule has 1 heterocycles. The molecular weight excluding hydrogens is 514 g/mol. The zero-order valence-corrected chi connectivity index (χ0v) is 22.7. The Hall–Kier alpha value is -3.82. The third kappa shape index (κ3) is 6.54. The van der Waals surface area contributed by atoms with Crippen LogP contribution in [0.5, 0.6) is 0 Å². The van der Waals surface area contributed by atoms with Gasteiger partial charge in [-0.25, -0.2) is 0 Å². The second-order valence-electron chi connectivity index (χ2n) is 9.02. The highest BCUT2D eigenvalue weighted by molar-refractivity contribution is 8.00. The van der Waals surface area contributed by atoms with E-state index in [0.717, 1.165) is 41.7 Å². The molecule has 9 heteroatoms. The molecule has 1 aliphatic rings. The molecule has 4 aromatic rings. The molecule has 0 aromatic heterocycles. The Morgan fingerprint density at radius 3 is 2.08 bits per heavy atom. The Morgan fingerprint density at radius 2 is 1.39 bits per heavy atom. The summed E-state index contributed by atoms with van der Waals surface area (Å²) < 4.78 is 6.41. The molecule has 1 fully saturated rings. The summed E-state index contributed by atoms with van der Waals surface area (Å²) in [6, 6.07) is 32.0. The van der Waals surface area contributed by atoms with E-state index in [9.17, 15) is 10.1 Å². The van der Waals surface area contributed by atoms with Crippen LogP contribution in [-0.2, 0) is 0 Å². The predicted molar refractivity (Wildman–Crippen MR) is 161 cm³/mol. The van der Waals surface area contributed by atoms with Gasteiger partial charge in [-0.2, -0.15) is 0 Å². The number of piperazine rings is 1. The maximum Gasteiger partial charge on any atom is 0.294 e. The fourth-order valence-electron chi connectivity index (χ4n) is 4.32. The van der Waals surface area contributed by atoms with E-state index < -0.39 is 0 Å². The second kappa shape index (κ2) is 12.1. The summed E-state index contributed by atoms with van der Waals surface area (Å²) in [5.41, 5.74) is 5.24. The van der Waals surface area contributed by atoms with E-state index in [1.807, 2.05) is 36.4 Å². The maximum atomic E-state index is 11.7. The molecule has 1 aliphatic heterocycles. The number of nitro benzene ring substituents is 1. The number of nitrogens with zero attached hydrogens (tertiary/aromatic N) is 3. The van der Waals surface area contributed by atoms with Gasteiger partial charge in [0.15, 0.2) is 0 Å². The molecular formula is C29H29N5O2S2. The van der Waals surface area contributed by atoms with Crippen LogP contribution in [0.3, 0.4) is 0 Å². The Kier molecular flexibility index (Phi) is 8.25. The van der Waals surface area contributed by atoms with Crippen LogP contribution in [0.15, 0.2) is 107 Å². The standard InChI is InChI=1S/C29H29N5O2S2/c1-22-6-5-7-25(20-22)33-18-16-32(17-19-33)24-12-10-23(11-13-24)30-38-27-14-15-28(29(21-27)34(35)36)31-37-26-8-3-2-4-9-26/h2-15,20-21,30-31H,16-19H2,1H3. The molecule has 1 saturated heterocycles. The summed E-state index contributed by atoms with van der Waals surface area (Å²) in [4.78, 5) is 17.9. The van der Waals surface area contributed by atoms with E-state index in [2.05, 4.69) is 74.7 Å². The van der Waals surface area contributed by atoms with Crippen LogP contribution in [0.25, 0.3) is 0 Å². The number of benzene rings is 4. The van der Waals surface area contributed by atoms with Crippen LogP contribution in [0.2, 0.25) is 0 Å². The van der Waals surface area contributed by atoms with Crippen molar-refractivity contribution in [2.24, 2.45) is 0 Å². The average Bonchev–Trinajstić information content (AvgIpc) is 2.96. The minimum absolute atomic E-state index is 0.0420. The SMILES string of the molecule is Cc1cccc(N2CCN(c3ccc(NSc4ccc(NSc5ccccc5)c([N+](=O)[O-])c4)cc3)CC2)c1. The molecule has 0 radical (unpaired) electrons. The summed E-state index contributed by atoms with van der Waals surface area (Å²) >= 11 is 2.71. The van der Waals surface area contributed by atoms with Gasteiger partial charge in [0.1, 0.15) is 5.69 Å². The monoisotopic (exact) mass is 543 g/mol. The summed E-state index contributed by atoms with van der Waals surface area (Å²) in [6.45, 7) is 6.07. The van der Waals surface area contributed by atoms with E-state index >= 15 is 0 Å². The molecule has 0 atom stereocenters. The highest BCUT2D eigenvalue weighted by Crippen LogP contribution is 2.34. The minimum Gasteiger partial charge on any atom is -0.368 e. The van der Waals surface area contributed by atoms with E-state index in [-0.39, 0.29) is 10.6 Å². The van der Waals surface area contributed by atoms with Crippen molar-refractivity contribution in [1.29, 1.82) is 0 Å². The number of anilines is 4. The molecule has 38 heavy (non-hydrogen) atoms. The lowest BCUT2D eigenvalue weighted by Gasteiger charge is -2.37. The van der Waals surface area contributed by atoms with E-state index in [0.29, 0.717) is 5.69 Å². The molecule has 0 spiro atoms. The van der Waals surface area contributed by atoms with E-state index in [1.54, 1.807) is 12.1 Å². The van der Waals surface area contributed by atoms with Crippen LogP contribution in [0, 0.1) is 17.0 Å². The first-order chi connectivity index (χ1) is 18.5. The third-order valence-corrected chi connectivity index (χ3v) is 8.01. The van der Waals surface area contributed by atoms with Gasteiger partial charge < -0.3 is 19.2 Å². The first kappa shape index (κ1) is 25.8. The molecule has 5 rings (SSSR count). The fraction of sp³-hybridized carbons (Fsp3) is 0.172. The lowest BCUT2D eigenvalue weighted by Crippen LogP contribution is -2.46. The van der Waals surface area contributed by atoms with Crippen LogP contribution >= 0.6 is 23.9 Å². The minimum atomic E-state index is -0.356. The second-order valence-corrected chi connectivity index (χ2v) is 10.8. The van der Waals surface area contributed by atoms with Crippen molar-refractivity contribution in [2.75, 3.05) is 45.4 Å². The van der Waals surface area contributed by atoms with Crippen molar-refractivity contribution in [3.63, 3.8) is 0 Å². The number of rotatable bonds is 9. The number of aryl methyl sites for hydroxylation is 1. The smallest absolute Gasteiger partial charge is 0.294 e. The molecule has 0 aliphatic carbocycles. The van der Waals surface area contributed by atoms with Gasteiger partial charge in [-0.05, 0) is 97.0 Å². The van der Waals surface area contributed by atoms with Crippen LogP contribution in [0.4, 0.5) is 28.4 Å². The van der Waals surface area contributed by atoms with Crippen LogP contribution in [0.1, 0.15) is 5.56 Å². The Labute approximate surface area is 231 Å². The van der Waals surface area contributed by atoms with Crippen molar-refractivity contribution in [2.45, 2.75) is 16.7 Å². The highest BCUT2D eigenvalue weighted by Gasteiger charge is 2.18. The lowest BCUT2D eigenvalue weighted by atomic mass is 10.2. The highest BCUT2D eigenvalue weighted by atomic mass is 32.2. The van der Waals surface area contributed by atoms with E-state index in [1.165, 1.54) is 40.8 Å². The van der Waals surface area contributed by atoms with Crippen LogP contribution < -0.4 is 19.2 Å². The Balaban J connectivity index is 1.15. The van der Waals surface area contributed by atoms with Crippen molar-refractivity contribution in [3.8, 4) is 0 Å². The Morgan fingerprint density at radius 1 is 0.711 bits per heavy atom. The largest absolute Gasteiger partial charge is 0.368 e. The van der Waals surface area contributed by atoms with Crippen molar-refractivity contribution in [1.82, 2.24) is 0 Å². The molecule has 4 aromatic carbocycles. The molecule has 0 amide bonds. The predicted octanol–water partition coefficient (Wildman–Crippen LogP) is 7.47. The summed E-state index contributed by atoms with van der Waals surface area (Å²) in [7, 11) is 0. The summed E-state index contributed by atoms with van der Waals surface area (Å²) in [5.74, 6) is 0. The first-order valence-electron chi connectivity index (χ1n) is 12.4. The first-order valence-corrected chi connectivity index (χ1v) is 14.0. The number of hydrogen-bond acceptors (Lipinski definition) is 8. The summed E-state index contributed by atoms with van der Waals surface area (Å²) in [5, 5.41) is 11.7. The number of nitro groups is 1. The van der Waals surface area contributed by atoms with Gasteiger partial charge in [0, 0.05) is 59.1 Å².